The van der Waals surface area contributed by atoms with Gasteiger partial charge in [0.05, 0.1) is 6.61 Å². The molecule has 0 saturated carbocycles. The minimum absolute atomic E-state index is 0.349. The number of carbonyl (C=O) groups excluding carboxylic acids is 1. The lowest BCUT2D eigenvalue weighted by molar-refractivity contribution is 0.112. The van der Waals surface area contributed by atoms with Crippen LogP contribution in [0.3, 0.4) is 0 Å². The normalized spacial score (nSPS) is 19.9. The Kier molecular flexibility index (Phi) is 1.61. The van der Waals surface area contributed by atoms with E-state index in [1.54, 1.807) is 0 Å². The molecule has 1 atom stereocenters. The molecule has 0 saturated heterocycles. The van der Waals surface area contributed by atoms with Crippen LogP contribution in [0.25, 0.3) is 0 Å². The Balaban J connectivity index is 2.60. The van der Waals surface area contributed by atoms with E-state index in [1.807, 2.05) is 18.2 Å². The van der Waals surface area contributed by atoms with E-state index in [0.717, 1.165) is 23.2 Å². The van der Waals surface area contributed by atoms with Crippen LogP contribution in [0.2, 0.25) is 0 Å². The molecule has 0 bridgehead atoms. The first kappa shape index (κ1) is 7.35. The van der Waals surface area contributed by atoms with Crippen molar-refractivity contribution in [3.8, 4) is 5.75 Å². The molecule has 0 N–H and O–H groups in total. The topological polar surface area (TPSA) is 26.3 Å². The fourth-order valence-corrected chi connectivity index (χ4v) is 1.62. The fourth-order valence-electron chi connectivity index (χ4n) is 1.62. The van der Waals surface area contributed by atoms with Crippen LogP contribution in [-0.4, -0.2) is 12.9 Å². The second-order valence-electron chi connectivity index (χ2n) is 3.09. The van der Waals surface area contributed by atoms with Crippen LogP contribution < -0.4 is 4.74 Å². The highest BCUT2D eigenvalue weighted by molar-refractivity contribution is 5.79. The standard InChI is InChI=1S/C10H10O2/c1-7-6-12-9-4-2-3-8(5-11)10(7)9/h2-5,7H,6H2,1H3/t7-/m0/s1. The van der Waals surface area contributed by atoms with Crippen LogP contribution in [-0.2, 0) is 0 Å². The molecule has 1 aliphatic heterocycles. The first-order valence-corrected chi connectivity index (χ1v) is 4.04. The number of rotatable bonds is 1. The van der Waals surface area contributed by atoms with Gasteiger partial charge in [-0.25, -0.2) is 0 Å². The minimum atomic E-state index is 0.349. The maximum Gasteiger partial charge on any atom is 0.150 e. The van der Waals surface area contributed by atoms with Gasteiger partial charge in [0.25, 0.3) is 0 Å². The molecule has 0 radical (unpaired) electrons. The van der Waals surface area contributed by atoms with Crippen molar-refractivity contribution < 1.29 is 9.53 Å². The van der Waals surface area contributed by atoms with E-state index in [-0.39, 0.29) is 0 Å². The van der Waals surface area contributed by atoms with Crippen molar-refractivity contribution in [1.29, 1.82) is 0 Å². The van der Waals surface area contributed by atoms with E-state index in [0.29, 0.717) is 12.5 Å². The van der Waals surface area contributed by atoms with Gasteiger partial charge in [-0.2, -0.15) is 0 Å². The van der Waals surface area contributed by atoms with Gasteiger partial charge in [-0.1, -0.05) is 19.1 Å². The lowest BCUT2D eigenvalue weighted by Crippen LogP contribution is -1.96. The molecule has 0 fully saturated rings. The Morgan fingerprint density at radius 1 is 1.58 bits per heavy atom. The van der Waals surface area contributed by atoms with E-state index in [9.17, 15) is 4.79 Å². The molecule has 2 nitrogen and oxygen atoms in total. The van der Waals surface area contributed by atoms with Crippen molar-refractivity contribution in [2.45, 2.75) is 12.8 Å². The van der Waals surface area contributed by atoms with Gasteiger partial charge in [-0.05, 0) is 6.07 Å². The Morgan fingerprint density at radius 2 is 2.42 bits per heavy atom. The number of aldehydes is 1. The molecular weight excluding hydrogens is 152 g/mol. The smallest absolute Gasteiger partial charge is 0.150 e. The van der Waals surface area contributed by atoms with Gasteiger partial charge in [0.15, 0.2) is 0 Å². The van der Waals surface area contributed by atoms with Crippen LogP contribution >= 0.6 is 0 Å². The summed E-state index contributed by atoms with van der Waals surface area (Å²) in [4.78, 5) is 10.7. The van der Waals surface area contributed by atoms with E-state index in [2.05, 4.69) is 6.92 Å². The number of hydrogen-bond donors (Lipinski definition) is 0. The minimum Gasteiger partial charge on any atom is -0.493 e. The van der Waals surface area contributed by atoms with Crippen LogP contribution in [0.4, 0.5) is 0 Å². The molecule has 0 unspecified atom stereocenters. The van der Waals surface area contributed by atoms with Crippen molar-refractivity contribution in [2.24, 2.45) is 0 Å². The average Bonchev–Trinajstić information content (AvgIpc) is 2.48. The monoisotopic (exact) mass is 162 g/mol. The SMILES string of the molecule is C[C@H]1COc2cccc(C=O)c21. The van der Waals surface area contributed by atoms with E-state index in [1.165, 1.54) is 0 Å². The van der Waals surface area contributed by atoms with Gasteiger partial charge in [0.2, 0.25) is 0 Å². The predicted molar refractivity (Wildman–Crippen MR) is 45.7 cm³/mol. The molecule has 2 heteroatoms. The summed E-state index contributed by atoms with van der Waals surface area (Å²) in [6, 6.07) is 5.59. The molecule has 0 aromatic heterocycles. The van der Waals surface area contributed by atoms with Gasteiger partial charge >= 0.3 is 0 Å². The molecule has 0 aliphatic carbocycles. The average molecular weight is 162 g/mol. The van der Waals surface area contributed by atoms with Crippen LogP contribution in [0.5, 0.6) is 5.75 Å². The van der Waals surface area contributed by atoms with Crippen molar-refractivity contribution in [2.75, 3.05) is 6.61 Å². The molecule has 0 amide bonds. The number of ether oxygens (including phenoxy) is 1. The fraction of sp³-hybridized carbons (Fsp3) is 0.300. The third-order valence-electron chi connectivity index (χ3n) is 2.21. The lowest BCUT2D eigenvalue weighted by Gasteiger charge is -2.02. The summed E-state index contributed by atoms with van der Waals surface area (Å²) in [6.07, 6.45) is 0.893. The Bertz CT molecular complexity index is 318. The Hall–Kier alpha value is -1.31. The van der Waals surface area contributed by atoms with E-state index in [4.69, 9.17) is 4.74 Å². The maximum absolute atomic E-state index is 10.7. The third kappa shape index (κ3) is 0.916. The van der Waals surface area contributed by atoms with E-state index < -0.39 is 0 Å². The molecular formula is C10H10O2. The van der Waals surface area contributed by atoms with Crippen LogP contribution in [0.1, 0.15) is 28.8 Å². The largest absolute Gasteiger partial charge is 0.493 e. The summed E-state index contributed by atoms with van der Waals surface area (Å²) in [7, 11) is 0. The first-order valence-electron chi connectivity index (χ1n) is 4.04. The molecule has 12 heavy (non-hydrogen) atoms. The number of benzene rings is 1. The summed E-state index contributed by atoms with van der Waals surface area (Å²) >= 11 is 0. The van der Waals surface area contributed by atoms with Gasteiger partial charge in [0.1, 0.15) is 12.0 Å². The highest BCUT2D eigenvalue weighted by Gasteiger charge is 2.22. The number of carbonyl (C=O) groups is 1. The van der Waals surface area contributed by atoms with Crippen molar-refractivity contribution in [1.82, 2.24) is 0 Å². The first-order chi connectivity index (χ1) is 5.83. The van der Waals surface area contributed by atoms with E-state index >= 15 is 0 Å². The summed E-state index contributed by atoms with van der Waals surface area (Å²) in [5, 5.41) is 0. The van der Waals surface area contributed by atoms with Crippen molar-refractivity contribution in [3.05, 3.63) is 29.3 Å². The molecule has 0 spiro atoms. The maximum atomic E-state index is 10.7. The summed E-state index contributed by atoms with van der Waals surface area (Å²) in [5.41, 5.74) is 1.82. The summed E-state index contributed by atoms with van der Waals surface area (Å²) in [6.45, 7) is 2.76. The molecule has 1 aromatic carbocycles. The third-order valence-corrected chi connectivity index (χ3v) is 2.21. The predicted octanol–water partition coefficient (Wildman–Crippen LogP) is 2.00. The highest BCUT2D eigenvalue weighted by atomic mass is 16.5. The van der Waals surface area contributed by atoms with Crippen LogP contribution in [0, 0.1) is 0 Å². The van der Waals surface area contributed by atoms with Gasteiger partial charge in [0, 0.05) is 17.0 Å². The second kappa shape index (κ2) is 2.63. The molecule has 2 rings (SSSR count). The Labute approximate surface area is 71.2 Å². The zero-order valence-corrected chi connectivity index (χ0v) is 6.91. The van der Waals surface area contributed by atoms with Crippen molar-refractivity contribution >= 4 is 6.29 Å². The molecule has 62 valence electrons. The van der Waals surface area contributed by atoms with Gasteiger partial charge in [-0.15, -0.1) is 0 Å². The zero-order chi connectivity index (χ0) is 8.55. The zero-order valence-electron chi connectivity index (χ0n) is 6.91. The second-order valence-corrected chi connectivity index (χ2v) is 3.09. The number of hydrogen-bond acceptors (Lipinski definition) is 2. The van der Waals surface area contributed by atoms with Crippen LogP contribution in [0.15, 0.2) is 18.2 Å². The molecule has 1 aliphatic rings. The quantitative estimate of drug-likeness (QED) is 0.590. The van der Waals surface area contributed by atoms with Gasteiger partial charge < -0.3 is 4.74 Å². The lowest BCUT2D eigenvalue weighted by atomic mass is 9.98. The highest BCUT2D eigenvalue weighted by Crippen LogP contribution is 2.35. The molecule has 1 heterocycles. The van der Waals surface area contributed by atoms with Gasteiger partial charge in [-0.3, -0.25) is 4.79 Å². The number of fused-ring (bicyclic) bond motifs is 1. The summed E-state index contributed by atoms with van der Waals surface area (Å²) in [5.74, 6) is 1.22. The Morgan fingerprint density at radius 3 is 3.17 bits per heavy atom. The summed E-state index contributed by atoms with van der Waals surface area (Å²) < 4.78 is 5.39. The molecule has 1 aromatic rings. The van der Waals surface area contributed by atoms with Crippen molar-refractivity contribution in [3.63, 3.8) is 0 Å².